The van der Waals surface area contributed by atoms with Gasteiger partial charge in [0.15, 0.2) is 0 Å². The summed E-state index contributed by atoms with van der Waals surface area (Å²) in [6.45, 7) is 7.17. The van der Waals surface area contributed by atoms with Crippen molar-refractivity contribution in [3.8, 4) is 0 Å². The molecule has 0 atom stereocenters. The molecule has 0 aromatic carbocycles. The Labute approximate surface area is 97.3 Å². The maximum atomic E-state index is 9.83. The van der Waals surface area contributed by atoms with Crippen LogP contribution in [-0.4, -0.2) is 35.8 Å². The van der Waals surface area contributed by atoms with Crippen molar-refractivity contribution in [1.29, 1.82) is 0 Å². The van der Waals surface area contributed by atoms with Gasteiger partial charge in [-0.25, -0.2) is 4.98 Å². The number of nitrogens with zero attached hydrogens (tertiary/aromatic N) is 2. The largest absolute Gasteiger partial charge is 0.389 e. The second kappa shape index (κ2) is 5.16. The lowest BCUT2D eigenvalue weighted by molar-refractivity contribution is 0.0876. The third kappa shape index (κ3) is 3.70. The van der Waals surface area contributed by atoms with Crippen LogP contribution in [0.2, 0.25) is 0 Å². The molecule has 1 rings (SSSR count). The Hall–Kier alpha value is -1.29. The number of aromatic nitrogens is 1. The zero-order valence-corrected chi connectivity index (χ0v) is 10.5. The predicted octanol–water partition coefficient (Wildman–Crippen LogP) is 1.72. The average Bonchev–Trinajstić information content (AvgIpc) is 2.25. The molecule has 0 saturated heterocycles. The van der Waals surface area contributed by atoms with Crippen LogP contribution < -0.4 is 10.2 Å². The maximum absolute atomic E-state index is 9.83. The molecule has 0 bridgehead atoms. The second-order valence-corrected chi connectivity index (χ2v) is 4.48. The van der Waals surface area contributed by atoms with Crippen molar-refractivity contribution in [1.82, 2.24) is 4.98 Å². The number of rotatable bonds is 5. The van der Waals surface area contributed by atoms with E-state index in [1.165, 1.54) is 0 Å². The fourth-order valence-electron chi connectivity index (χ4n) is 1.61. The molecule has 0 saturated carbocycles. The Bertz CT molecular complexity index is 333. The zero-order valence-electron chi connectivity index (χ0n) is 10.5. The fraction of sp³-hybridized carbons (Fsp3) is 0.583. The first-order chi connectivity index (χ1) is 7.46. The van der Waals surface area contributed by atoms with Crippen LogP contribution in [0, 0.1) is 0 Å². The number of pyridine rings is 1. The summed E-state index contributed by atoms with van der Waals surface area (Å²) in [5, 5.41) is 12.8. The lowest BCUT2D eigenvalue weighted by Crippen LogP contribution is -2.38. The number of aliphatic hydroxyl groups is 1. The van der Waals surface area contributed by atoms with E-state index in [4.69, 9.17) is 0 Å². The van der Waals surface area contributed by atoms with Crippen LogP contribution in [0.3, 0.4) is 0 Å². The minimum absolute atomic E-state index is 0.608. The van der Waals surface area contributed by atoms with Gasteiger partial charge in [0, 0.05) is 38.1 Å². The predicted molar refractivity (Wildman–Crippen MR) is 68.0 cm³/mol. The van der Waals surface area contributed by atoms with Gasteiger partial charge in [0.05, 0.1) is 5.60 Å². The Kier molecular flexibility index (Phi) is 4.12. The molecule has 0 radical (unpaired) electrons. The number of anilines is 2. The first kappa shape index (κ1) is 12.8. The number of hydrogen-bond donors (Lipinski definition) is 2. The van der Waals surface area contributed by atoms with Crippen LogP contribution in [0.25, 0.3) is 0 Å². The quantitative estimate of drug-likeness (QED) is 0.798. The summed E-state index contributed by atoms with van der Waals surface area (Å²) >= 11 is 0. The number of nitrogens with one attached hydrogen (secondary N) is 1. The van der Waals surface area contributed by atoms with Crippen LogP contribution in [0.4, 0.5) is 11.5 Å². The average molecular weight is 223 g/mol. The topological polar surface area (TPSA) is 48.4 Å². The smallest absolute Gasteiger partial charge is 0.127 e. The van der Waals surface area contributed by atoms with Gasteiger partial charge < -0.3 is 15.3 Å². The molecule has 2 N–H and O–H groups in total. The van der Waals surface area contributed by atoms with Crippen molar-refractivity contribution < 1.29 is 5.11 Å². The van der Waals surface area contributed by atoms with Crippen LogP contribution in [0.15, 0.2) is 18.3 Å². The van der Waals surface area contributed by atoms with Gasteiger partial charge in [0.2, 0.25) is 0 Å². The molecule has 1 aromatic rings. The van der Waals surface area contributed by atoms with Crippen LogP contribution >= 0.6 is 0 Å². The van der Waals surface area contributed by atoms with Crippen molar-refractivity contribution >= 4 is 11.5 Å². The molecule has 1 aromatic heterocycles. The summed E-state index contributed by atoms with van der Waals surface area (Å²) in [5.74, 6) is 0.840. The molecule has 0 aliphatic heterocycles. The van der Waals surface area contributed by atoms with E-state index in [0.29, 0.717) is 6.54 Å². The van der Waals surface area contributed by atoms with Crippen molar-refractivity contribution in [2.45, 2.75) is 26.4 Å². The summed E-state index contributed by atoms with van der Waals surface area (Å²) in [4.78, 5) is 6.30. The van der Waals surface area contributed by atoms with Gasteiger partial charge in [0.25, 0.3) is 0 Å². The van der Waals surface area contributed by atoms with Gasteiger partial charge in [-0.2, -0.15) is 0 Å². The lowest BCUT2D eigenvalue weighted by Gasteiger charge is -2.30. The van der Waals surface area contributed by atoms with E-state index in [-0.39, 0.29) is 0 Å². The Morgan fingerprint density at radius 3 is 2.69 bits per heavy atom. The molecular weight excluding hydrogens is 202 g/mol. The zero-order chi connectivity index (χ0) is 12.2. The minimum Gasteiger partial charge on any atom is -0.389 e. The first-order valence-corrected chi connectivity index (χ1v) is 5.57. The molecule has 1 heterocycles. The Morgan fingerprint density at radius 1 is 1.50 bits per heavy atom. The molecule has 90 valence electrons. The summed E-state index contributed by atoms with van der Waals surface area (Å²) in [6, 6.07) is 3.94. The Morgan fingerprint density at radius 2 is 2.19 bits per heavy atom. The Balaban J connectivity index is 2.86. The molecule has 0 fully saturated rings. The van der Waals surface area contributed by atoms with Crippen LogP contribution in [-0.2, 0) is 0 Å². The molecule has 0 aliphatic rings. The van der Waals surface area contributed by atoms with Crippen molar-refractivity contribution in [3.05, 3.63) is 18.3 Å². The highest BCUT2D eigenvalue weighted by atomic mass is 16.3. The van der Waals surface area contributed by atoms with Gasteiger partial charge in [-0.05, 0) is 26.8 Å². The third-order valence-corrected chi connectivity index (χ3v) is 2.32. The van der Waals surface area contributed by atoms with E-state index in [1.54, 1.807) is 6.20 Å². The van der Waals surface area contributed by atoms with Gasteiger partial charge in [-0.15, -0.1) is 0 Å². The molecule has 4 nitrogen and oxygen atoms in total. The standard InChI is InChI=1S/C12H21N3O/c1-5-15(9-12(2,3)16)10-6-7-14-11(8-10)13-4/h6-8,16H,5,9H2,1-4H3,(H,13,14). The van der Waals surface area contributed by atoms with E-state index in [9.17, 15) is 5.11 Å². The van der Waals surface area contributed by atoms with E-state index >= 15 is 0 Å². The highest BCUT2D eigenvalue weighted by Gasteiger charge is 2.17. The third-order valence-electron chi connectivity index (χ3n) is 2.32. The first-order valence-electron chi connectivity index (χ1n) is 5.57. The van der Waals surface area contributed by atoms with E-state index < -0.39 is 5.60 Å². The van der Waals surface area contributed by atoms with Crippen molar-refractivity contribution in [3.63, 3.8) is 0 Å². The molecule has 0 unspecified atom stereocenters. The van der Waals surface area contributed by atoms with Crippen LogP contribution in [0.5, 0.6) is 0 Å². The SMILES string of the molecule is CCN(CC(C)(C)O)c1ccnc(NC)c1. The summed E-state index contributed by atoms with van der Waals surface area (Å²) in [6.07, 6.45) is 1.77. The summed E-state index contributed by atoms with van der Waals surface area (Å²) in [5.41, 5.74) is 0.378. The van der Waals surface area contributed by atoms with E-state index in [1.807, 2.05) is 33.0 Å². The maximum Gasteiger partial charge on any atom is 0.127 e. The molecule has 0 spiro atoms. The number of likely N-dealkylation sites (N-methyl/N-ethyl adjacent to an activating group) is 1. The summed E-state index contributed by atoms with van der Waals surface area (Å²) in [7, 11) is 1.85. The van der Waals surface area contributed by atoms with E-state index in [0.717, 1.165) is 18.1 Å². The molecule has 4 heteroatoms. The van der Waals surface area contributed by atoms with Gasteiger partial charge in [-0.3, -0.25) is 0 Å². The summed E-state index contributed by atoms with van der Waals surface area (Å²) < 4.78 is 0. The molecular formula is C12H21N3O. The highest BCUT2D eigenvalue weighted by Crippen LogP contribution is 2.19. The number of hydrogen-bond acceptors (Lipinski definition) is 4. The van der Waals surface area contributed by atoms with Gasteiger partial charge in [-0.1, -0.05) is 0 Å². The molecule has 0 aliphatic carbocycles. The second-order valence-electron chi connectivity index (χ2n) is 4.48. The van der Waals surface area contributed by atoms with Crippen LogP contribution in [0.1, 0.15) is 20.8 Å². The lowest BCUT2D eigenvalue weighted by atomic mass is 10.1. The molecule has 0 amide bonds. The highest BCUT2D eigenvalue weighted by molar-refractivity contribution is 5.53. The normalized spacial score (nSPS) is 11.3. The molecule has 16 heavy (non-hydrogen) atoms. The van der Waals surface area contributed by atoms with Crippen molar-refractivity contribution in [2.24, 2.45) is 0 Å². The van der Waals surface area contributed by atoms with Gasteiger partial charge in [0.1, 0.15) is 5.82 Å². The fourth-order valence-corrected chi connectivity index (χ4v) is 1.61. The monoisotopic (exact) mass is 223 g/mol. The minimum atomic E-state index is -0.695. The van der Waals surface area contributed by atoms with Crippen molar-refractivity contribution in [2.75, 3.05) is 30.4 Å². The van der Waals surface area contributed by atoms with E-state index in [2.05, 4.69) is 22.1 Å². The van der Waals surface area contributed by atoms with Gasteiger partial charge >= 0.3 is 0 Å².